The zero-order valence-corrected chi connectivity index (χ0v) is 11.1. The summed E-state index contributed by atoms with van der Waals surface area (Å²) in [5.41, 5.74) is 1.26. The van der Waals surface area contributed by atoms with Crippen LogP contribution < -0.4 is 0 Å². The monoisotopic (exact) mass is 284 g/mol. The van der Waals surface area contributed by atoms with Crippen molar-refractivity contribution in [2.24, 2.45) is 0 Å². The van der Waals surface area contributed by atoms with Gasteiger partial charge in [0.15, 0.2) is 0 Å². The van der Waals surface area contributed by atoms with Crippen LogP contribution in [0.3, 0.4) is 0 Å². The standard InChI is InChI=1S/C12H17BrN2O/c1-16-5-4-15(12-2-3-12)9-10-6-11(13)8-14-7-10/h6-8,12H,2-5,9H2,1H3. The topological polar surface area (TPSA) is 25.4 Å². The van der Waals surface area contributed by atoms with Gasteiger partial charge in [0.1, 0.15) is 0 Å². The molecule has 0 aliphatic heterocycles. The van der Waals surface area contributed by atoms with E-state index < -0.39 is 0 Å². The summed E-state index contributed by atoms with van der Waals surface area (Å²) < 4.78 is 6.19. The molecule has 1 saturated carbocycles. The van der Waals surface area contributed by atoms with E-state index in [0.29, 0.717) is 0 Å². The molecule has 1 aromatic rings. The first-order valence-electron chi connectivity index (χ1n) is 5.62. The van der Waals surface area contributed by atoms with Gasteiger partial charge in [0, 0.05) is 43.1 Å². The van der Waals surface area contributed by atoms with Crippen molar-refractivity contribution >= 4 is 15.9 Å². The van der Waals surface area contributed by atoms with Crippen LogP contribution >= 0.6 is 15.9 Å². The van der Waals surface area contributed by atoms with Gasteiger partial charge in [-0.15, -0.1) is 0 Å². The third-order valence-electron chi connectivity index (χ3n) is 2.79. The average Bonchev–Trinajstić information content (AvgIpc) is 3.08. The number of hydrogen-bond acceptors (Lipinski definition) is 3. The molecule has 16 heavy (non-hydrogen) atoms. The molecule has 4 heteroatoms. The molecule has 88 valence electrons. The number of ether oxygens (including phenoxy) is 1. The van der Waals surface area contributed by atoms with Crippen LogP contribution in [0.1, 0.15) is 18.4 Å². The number of halogens is 1. The molecule has 0 amide bonds. The molecule has 1 heterocycles. The fourth-order valence-corrected chi connectivity index (χ4v) is 2.23. The van der Waals surface area contributed by atoms with Gasteiger partial charge in [-0.1, -0.05) is 0 Å². The molecule has 0 bridgehead atoms. The lowest BCUT2D eigenvalue weighted by Crippen LogP contribution is -2.29. The second-order valence-corrected chi connectivity index (χ2v) is 5.12. The molecule has 0 aromatic carbocycles. The van der Waals surface area contributed by atoms with E-state index in [1.165, 1.54) is 18.4 Å². The molecule has 0 N–H and O–H groups in total. The Morgan fingerprint density at radius 2 is 2.31 bits per heavy atom. The second kappa shape index (κ2) is 5.75. The van der Waals surface area contributed by atoms with Crippen LogP contribution in [0.4, 0.5) is 0 Å². The first-order valence-corrected chi connectivity index (χ1v) is 6.41. The van der Waals surface area contributed by atoms with Crippen molar-refractivity contribution in [3.8, 4) is 0 Å². The van der Waals surface area contributed by atoms with E-state index in [0.717, 1.165) is 30.2 Å². The Hall–Kier alpha value is -0.450. The number of nitrogens with zero attached hydrogens (tertiary/aromatic N) is 2. The van der Waals surface area contributed by atoms with E-state index in [1.807, 2.05) is 12.4 Å². The van der Waals surface area contributed by atoms with Gasteiger partial charge in [-0.25, -0.2) is 0 Å². The first-order chi connectivity index (χ1) is 7.79. The molecule has 0 unspecified atom stereocenters. The maximum absolute atomic E-state index is 5.15. The molecule has 3 nitrogen and oxygen atoms in total. The van der Waals surface area contributed by atoms with Gasteiger partial charge in [0.2, 0.25) is 0 Å². The normalized spacial score (nSPS) is 15.7. The van der Waals surface area contributed by atoms with E-state index in [4.69, 9.17) is 4.74 Å². The maximum atomic E-state index is 5.15. The van der Waals surface area contributed by atoms with Gasteiger partial charge in [-0.05, 0) is 40.4 Å². The van der Waals surface area contributed by atoms with Gasteiger partial charge in [0.25, 0.3) is 0 Å². The number of hydrogen-bond donors (Lipinski definition) is 0. The van der Waals surface area contributed by atoms with Crippen molar-refractivity contribution < 1.29 is 4.74 Å². The zero-order chi connectivity index (χ0) is 11.4. The molecule has 1 aliphatic rings. The van der Waals surface area contributed by atoms with Crippen LogP contribution in [0.2, 0.25) is 0 Å². The molecule has 1 aromatic heterocycles. The van der Waals surface area contributed by atoms with Crippen LogP contribution in [0, 0.1) is 0 Å². The van der Waals surface area contributed by atoms with Crippen molar-refractivity contribution in [1.82, 2.24) is 9.88 Å². The predicted molar refractivity (Wildman–Crippen MR) is 67.2 cm³/mol. The molecule has 0 spiro atoms. The highest BCUT2D eigenvalue weighted by atomic mass is 79.9. The zero-order valence-electron chi connectivity index (χ0n) is 9.53. The Balaban J connectivity index is 1.94. The fraction of sp³-hybridized carbons (Fsp3) is 0.583. The Bertz CT molecular complexity index is 342. The molecule has 0 atom stereocenters. The lowest BCUT2D eigenvalue weighted by atomic mass is 10.2. The summed E-state index contributed by atoms with van der Waals surface area (Å²) in [7, 11) is 1.76. The van der Waals surface area contributed by atoms with E-state index in [-0.39, 0.29) is 0 Å². The van der Waals surface area contributed by atoms with Crippen molar-refractivity contribution in [2.75, 3.05) is 20.3 Å². The smallest absolute Gasteiger partial charge is 0.0589 e. The van der Waals surface area contributed by atoms with Gasteiger partial charge >= 0.3 is 0 Å². The van der Waals surface area contributed by atoms with Crippen LogP contribution in [0.15, 0.2) is 22.9 Å². The lowest BCUT2D eigenvalue weighted by Gasteiger charge is -2.21. The van der Waals surface area contributed by atoms with Gasteiger partial charge in [-0.3, -0.25) is 9.88 Å². The van der Waals surface area contributed by atoms with E-state index in [9.17, 15) is 0 Å². The molecule has 2 rings (SSSR count). The SMILES string of the molecule is COCCN(Cc1cncc(Br)c1)C1CC1. The van der Waals surface area contributed by atoms with Crippen molar-refractivity contribution in [2.45, 2.75) is 25.4 Å². The van der Waals surface area contributed by atoms with E-state index in [2.05, 4.69) is 31.9 Å². The quantitative estimate of drug-likeness (QED) is 0.803. The molecule has 0 saturated heterocycles. The number of aromatic nitrogens is 1. The second-order valence-electron chi connectivity index (χ2n) is 4.21. The highest BCUT2D eigenvalue weighted by molar-refractivity contribution is 9.10. The average molecular weight is 285 g/mol. The third-order valence-corrected chi connectivity index (χ3v) is 3.23. The largest absolute Gasteiger partial charge is 0.383 e. The van der Waals surface area contributed by atoms with Crippen LogP contribution in [0.25, 0.3) is 0 Å². The van der Waals surface area contributed by atoms with E-state index >= 15 is 0 Å². The van der Waals surface area contributed by atoms with Crippen LogP contribution in [0.5, 0.6) is 0 Å². The predicted octanol–water partition coefficient (Wildman–Crippen LogP) is 2.45. The summed E-state index contributed by atoms with van der Waals surface area (Å²) in [4.78, 5) is 6.67. The Labute approximate surface area is 105 Å². The summed E-state index contributed by atoms with van der Waals surface area (Å²) >= 11 is 3.45. The summed E-state index contributed by atoms with van der Waals surface area (Å²) in [5.74, 6) is 0. The first kappa shape index (κ1) is 12.0. The number of rotatable bonds is 6. The van der Waals surface area contributed by atoms with E-state index in [1.54, 1.807) is 7.11 Å². The highest BCUT2D eigenvalue weighted by Gasteiger charge is 2.28. The minimum Gasteiger partial charge on any atom is -0.383 e. The maximum Gasteiger partial charge on any atom is 0.0589 e. The summed E-state index contributed by atoms with van der Waals surface area (Å²) in [6.45, 7) is 2.78. The molecule has 1 fully saturated rings. The molecule has 1 aliphatic carbocycles. The lowest BCUT2D eigenvalue weighted by molar-refractivity contribution is 0.139. The summed E-state index contributed by atoms with van der Waals surface area (Å²) in [5, 5.41) is 0. The molecule has 0 radical (unpaired) electrons. The minimum absolute atomic E-state index is 0.758. The Kier molecular flexibility index (Phi) is 4.32. The molecular formula is C12H17BrN2O. The summed E-state index contributed by atoms with van der Waals surface area (Å²) in [6.07, 6.45) is 6.41. The van der Waals surface area contributed by atoms with Gasteiger partial charge in [0.05, 0.1) is 6.61 Å². The van der Waals surface area contributed by atoms with Gasteiger partial charge < -0.3 is 4.74 Å². The van der Waals surface area contributed by atoms with Gasteiger partial charge in [-0.2, -0.15) is 0 Å². The number of methoxy groups -OCH3 is 1. The van der Waals surface area contributed by atoms with Crippen LogP contribution in [-0.2, 0) is 11.3 Å². The number of pyridine rings is 1. The van der Waals surface area contributed by atoms with Crippen molar-refractivity contribution in [3.63, 3.8) is 0 Å². The van der Waals surface area contributed by atoms with Crippen molar-refractivity contribution in [3.05, 3.63) is 28.5 Å². The Morgan fingerprint density at radius 3 is 2.94 bits per heavy atom. The Morgan fingerprint density at radius 1 is 1.50 bits per heavy atom. The van der Waals surface area contributed by atoms with Crippen molar-refractivity contribution in [1.29, 1.82) is 0 Å². The molecular weight excluding hydrogens is 268 g/mol. The fourth-order valence-electron chi connectivity index (χ4n) is 1.82. The third kappa shape index (κ3) is 3.54. The highest BCUT2D eigenvalue weighted by Crippen LogP contribution is 2.28. The summed E-state index contributed by atoms with van der Waals surface area (Å²) in [6, 6.07) is 2.89. The minimum atomic E-state index is 0.758. The van der Waals surface area contributed by atoms with Crippen LogP contribution in [-0.4, -0.2) is 36.2 Å².